The number of nitro benzene ring substituents is 1. The van der Waals surface area contributed by atoms with Gasteiger partial charge in [0, 0.05) is 29.2 Å². The van der Waals surface area contributed by atoms with Crippen molar-refractivity contribution < 1.29 is 19.6 Å². The molecule has 7 nitrogen and oxygen atoms in total. The molecule has 0 aliphatic rings. The summed E-state index contributed by atoms with van der Waals surface area (Å²) < 4.78 is 0. The van der Waals surface area contributed by atoms with Crippen LogP contribution in [0.1, 0.15) is 12.5 Å². The summed E-state index contributed by atoms with van der Waals surface area (Å²) in [5.74, 6) is -1.48. The van der Waals surface area contributed by atoms with Gasteiger partial charge < -0.3 is 10.4 Å². The zero-order valence-electron chi connectivity index (χ0n) is 11.0. The molecule has 1 amide bonds. The first-order valence-electron chi connectivity index (χ1n) is 5.69. The van der Waals surface area contributed by atoms with Crippen LogP contribution in [-0.4, -0.2) is 33.7 Å². The molecule has 0 aliphatic carbocycles. The Balaban J connectivity index is 2.83. The van der Waals surface area contributed by atoms with Gasteiger partial charge in [0.1, 0.15) is 6.04 Å². The molecule has 0 aliphatic heterocycles. The average molecular weight is 298 g/mol. The van der Waals surface area contributed by atoms with Gasteiger partial charge in [-0.3, -0.25) is 14.9 Å². The molecule has 20 heavy (non-hydrogen) atoms. The SMILES string of the molecule is CC(=O)NC(CSc1cccc([N+](=O)[O-])c1C)C(=O)O. The zero-order chi connectivity index (χ0) is 15.3. The molecule has 0 aromatic heterocycles. The molecule has 2 N–H and O–H groups in total. The van der Waals surface area contributed by atoms with Gasteiger partial charge in [-0.05, 0) is 13.0 Å². The second kappa shape index (κ2) is 6.90. The monoisotopic (exact) mass is 298 g/mol. The minimum Gasteiger partial charge on any atom is -0.480 e. The van der Waals surface area contributed by atoms with E-state index in [0.29, 0.717) is 10.5 Å². The lowest BCUT2D eigenvalue weighted by Gasteiger charge is -2.13. The second-order valence-corrected chi connectivity index (χ2v) is 5.12. The van der Waals surface area contributed by atoms with Crippen molar-refractivity contribution in [2.45, 2.75) is 24.8 Å². The van der Waals surface area contributed by atoms with E-state index in [1.54, 1.807) is 19.1 Å². The van der Waals surface area contributed by atoms with Gasteiger partial charge in [0.05, 0.1) is 4.92 Å². The number of carboxylic acid groups (broad SMARTS) is 1. The Morgan fingerprint density at radius 2 is 2.15 bits per heavy atom. The maximum Gasteiger partial charge on any atom is 0.327 e. The maximum atomic E-state index is 11.0. The van der Waals surface area contributed by atoms with Gasteiger partial charge in [-0.1, -0.05) is 6.07 Å². The third kappa shape index (κ3) is 4.23. The number of amides is 1. The standard InChI is InChI=1S/C12H14N2O5S/c1-7-10(14(18)19)4-3-5-11(7)20-6-9(12(16)17)13-8(2)15/h3-5,9H,6H2,1-2H3,(H,13,15)(H,16,17). The van der Waals surface area contributed by atoms with Crippen molar-refractivity contribution in [1.82, 2.24) is 5.32 Å². The molecule has 1 atom stereocenters. The molecule has 0 saturated carbocycles. The van der Waals surface area contributed by atoms with Crippen LogP contribution in [0.15, 0.2) is 23.1 Å². The summed E-state index contributed by atoms with van der Waals surface area (Å²) in [6.07, 6.45) is 0. The molecule has 8 heteroatoms. The van der Waals surface area contributed by atoms with Crippen LogP contribution in [0.2, 0.25) is 0 Å². The highest BCUT2D eigenvalue weighted by Crippen LogP contribution is 2.29. The molecule has 1 unspecified atom stereocenters. The highest BCUT2D eigenvalue weighted by molar-refractivity contribution is 7.99. The van der Waals surface area contributed by atoms with Crippen molar-refractivity contribution in [2.24, 2.45) is 0 Å². The number of benzene rings is 1. The Hall–Kier alpha value is -2.09. The Morgan fingerprint density at radius 1 is 1.50 bits per heavy atom. The molecule has 0 radical (unpaired) electrons. The number of rotatable bonds is 6. The van der Waals surface area contributed by atoms with E-state index in [0.717, 1.165) is 11.8 Å². The summed E-state index contributed by atoms with van der Waals surface area (Å²) in [5.41, 5.74) is 0.468. The van der Waals surface area contributed by atoms with Gasteiger partial charge >= 0.3 is 5.97 Å². The quantitative estimate of drug-likeness (QED) is 0.469. The van der Waals surface area contributed by atoms with Gasteiger partial charge in [-0.25, -0.2) is 4.79 Å². The summed E-state index contributed by atoms with van der Waals surface area (Å²) in [6.45, 7) is 2.84. The lowest BCUT2D eigenvalue weighted by molar-refractivity contribution is -0.385. The molecular weight excluding hydrogens is 284 g/mol. The Labute approximate surface area is 119 Å². The van der Waals surface area contributed by atoms with Crippen molar-refractivity contribution in [2.75, 3.05) is 5.75 Å². The third-order valence-corrected chi connectivity index (χ3v) is 3.79. The summed E-state index contributed by atoms with van der Waals surface area (Å²) in [4.78, 5) is 32.8. The summed E-state index contributed by atoms with van der Waals surface area (Å²) in [5, 5.41) is 22.1. The van der Waals surface area contributed by atoms with E-state index in [1.165, 1.54) is 13.0 Å². The maximum absolute atomic E-state index is 11.0. The molecule has 0 saturated heterocycles. The molecule has 0 bridgehead atoms. The van der Waals surface area contributed by atoms with Gasteiger partial charge in [0.2, 0.25) is 5.91 Å². The second-order valence-electron chi connectivity index (χ2n) is 4.06. The fourth-order valence-corrected chi connectivity index (χ4v) is 2.62. The van der Waals surface area contributed by atoms with Crippen LogP contribution in [0, 0.1) is 17.0 Å². The lowest BCUT2D eigenvalue weighted by Crippen LogP contribution is -2.41. The minimum atomic E-state index is -1.14. The fourth-order valence-electron chi connectivity index (χ4n) is 1.55. The third-order valence-electron chi connectivity index (χ3n) is 2.53. The number of thioether (sulfide) groups is 1. The van der Waals surface area contributed by atoms with E-state index in [4.69, 9.17) is 5.11 Å². The highest BCUT2D eigenvalue weighted by Gasteiger charge is 2.20. The predicted octanol–water partition coefficient (Wildman–Crippen LogP) is 1.58. The molecule has 0 heterocycles. The van der Waals surface area contributed by atoms with Crippen LogP contribution in [-0.2, 0) is 9.59 Å². The van der Waals surface area contributed by atoms with Gasteiger partial charge in [-0.2, -0.15) is 0 Å². The molecule has 0 fully saturated rings. The van der Waals surface area contributed by atoms with Gasteiger partial charge in [0.25, 0.3) is 5.69 Å². The number of nitro groups is 1. The Bertz CT molecular complexity index is 547. The Kier molecular flexibility index (Phi) is 5.51. The number of carbonyl (C=O) groups is 2. The smallest absolute Gasteiger partial charge is 0.327 e. The molecule has 108 valence electrons. The molecule has 1 aromatic carbocycles. The number of nitrogens with zero attached hydrogens (tertiary/aromatic N) is 1. The number of nitrogens with one attached hydrogen (secondary N) is 1. The van der Waals surface area contributed by atoms with Gasteiger partial charge in [-0.15, -0.1) is 11.8 Å². The summed E-state index contributed by atoms with van der Waals surface area (Å²) in [7, 11) is 0. The fraction of sp³-hybridized carbons (Fsp3) is 0.333. The van der Waals surface area contributed by atoms with E-state index >= 15 is 0 Å². The van der Waals surface area contributed by atoms with Gasteiger partial charge in [0.15, 0.2) is 0 Å². The number of carboxylic acids is 1. The molecular formula is C12H14N2O5S. The van der Waals surface area contributed by atoms with Crippen molar-refractivity contribution in [3.8, 4) is 0 Å². The van der Waals surface area contributed by atoms with E-state index in [9.17, 15) is 19.7 Å². The predicted molar refractivity (Wildman–Crippen MR) is 73.8 cm³/mol. The van der Waals surface area contributed by atoms with Crippen LogP contribution >= 0.6 is 11.8 Å². The zero-order valence-corrected chi connectivity index (χ0v) is 11.8. The number of carbonyl (C=O) groups excluding carboxylic acids is 1. The van der Waals surface area contributed by atoms with Crippen molar-refractivity contribution in [1.29, 1.82) is 0 Å². The van der Waals surface area contributed by atoms with E-state index in [-0.39, 0.29) is 11.4 Å². The van der Waals surface area contributed by atoms with Crippen molar-refractivity contribution >= 4 is 29.3 Å². The average Bonchev–Trinajstić information content (AvgIpc) is 2.34. The first-order valence-corrected chi connectivity index (χ1v) is 6.68. The molecule has 1 aromatic rings. The largest absolute Gasteiger partial charge is 0.480 e. The summed E-state index contributed by atoms with van der Waals surface area (Å²) in [6, 6.07) is 3.58. The molecule has 0 spiro atoms. The number of hydrogen-bond donors (Lipinski definition) is 2. The normalized spacial score (nSPS) is 11.7. The van der Waals surface area contributed by atoms with Crippen LogP contribution in [0.3, 0.4) is 0 Å². The first-order chi connectivity index (χ1) is 9.32. The lowest BCUT2D eigenvalue weighted by atomic mass is 10.2. The highest BCUT2D eigenvalue weighted by atomic mass is 32.2. The van der Waals surface area contributed by atoms with Crippen LogP contribution < -0.4 is 5.32 Å². The molecule has 1 rings (SSSR count). The van der Waals surface area contributed by atoms with E-state index in [1.807, 2.05) is 0 Å². The Morgan fingerprint density at radius 3 is 2.65 bits per heavy atom. The number of hydrogen-bond acceptors (Lipinski definition) is 5. The summed E-state index contributed by atoms with van der Waals surface area (Å²) >= 11 is 1.16. The van der Waals surface area contributed by atoms with Crippen LogP contribution in [0.25, 0.3) is 0 Å². The van der Waals surface area contributed by atoms with Crippen LogP contribution in [0.5, 0.6) is 0 Å². The van der Waals surface area contributed by atoms with Crippen LogP contribution in [0.4, 0.5) is 5.69 Å². The van der Waals surface area contributed by atoms with Crippen molar-refractivity contribution in [3.05, 3.63) is 33.9 Å². The van der Waals surface area contributed by atoms with E-state index in [2.05, 4.69) is 5.32 Å². The van der Waals surface area contributed by atoms with E-state index < -0.39 is 22.8 Å². The minimum absolute atomic E-state index is 0.0126. The first kappa shape index (κ1) is 16.0. The topological polar surface area (TPSA) is 110 Å². The van der Waals surface area contributed by atoms with Crippen molar-refractivity contribution in [3.63, 3.8) is 0 Å². The number of aliphatic carboxylic acids is 1.